The van der Waals surface area contributed by atoms with Crippen molar-refractivity contribution in [3.8, 4) is 0 Å². The Morgan fingerprint density at radius 2 is 2.19 bits per heavy atom. The molecule has 114 valence electrons. The summed E-state index contributed by atoms with van der Waals surface area (Å²) in [5.41, 5.74) is -0.0444. The van der Waals surface area contributed by atoms with Crippen molar-refractivity contribution in [3.63, 3.8) is 0 Å². The number of nitrogens with one attached hydrogen (secondary N) is 1. The Bertz CT molecular complexity index is 578. The molecule has 0 saturated heterocycles. The first-order valence-electron chi connectivity index (χ1n) is 6.88. The summed E-state index contributed by atoms with van der Waals surface area (Å²) in [5.74, 6) is -0.439. The highest BCUT2D eigenvalue weighted by molar-refractivity contribution is 5.80. The number of hydrogen-bond donors (Lipinski definition) is 1. The van der Waals surface area contributed by atoms with Crippen LogP contribution in [-0.2, 0) is 11.8 Å². The van der Waals surface area contributed by atoms with Crippen molar-refractivity contribution in [2.75, 3.05) is 0 Å². The van der Waals surface area contributed by atoms with Gasteiger partial charge in [0.05, 0.1) is 6.20 Å². The smallest absolute Gasteiger partial charge is 0.340 e. The molecule has 0 radical (unpaired) electrons. The maximum absolute atomic E-state index is 13.2. The van der Waals surface area contributed by atoms with Gasteiger partial charge in [0.2, 0.25) is 5.91 Å². The summed E-state index contributed by atoms with van der Waals surface area (Å²) >= 11 is 0. The predicted molar refractivity (Wildman–Crippen MR) is 69.0 cm³/mol. The van der Waals surface area contributed by atoms with E-state index in [4.69, 9.17) is 0 Å². The lowest BCUT2D eigenvalue weighted by Crippen LogP contribution is -2.41. The number of halogens is 3. The average molecular weight is 299 g/mol. The molecule has 1 amide bonds. The Kier molecular flexibility index (Phi) is 3.30. The zero-order chi connectivity index (χ0) is 15.2. The lowest BCUT2D eigenvalue weighted by molar-refractivity contribution is -0.165. The Labute approximate surface area is 120 Å². The molecule has 21 heavy (non-hydrogen) atoms. The largest absolute Gasteiger partial charge is 0.412 e. The van der Waals surface area contributed by atoms with Crippen molar-refractivity contribution in [1.29, 1.82) is 0 Å². The van der Waals surface area contributed by atoms with E-state index >= 15 is 0 Å². The maximum Gasteiger partial charge on any atom is 0.412 e. The minimum absolute atomic E-state index is 0.0444. The number of allylic oxidation sites excluding steroid dienone is 2. The van der Waals surface area contributed by atoms with Crippen LogP contribution in [0.3, 0.4) is 0 Å². The monoisotopic (exact) mass is 299 g/mol. The second-order valence-corrected chi connectivity index (χ2v) is 5.82. The summed E-state index contributed by atoms with van der Waals surface area (Å²) in [5, 5.41) is 5.91. The molecule has 1 fully saturated rings. The number of amides is 1. The van der Waals surface area contributed by atoms with Crippen LogP contribution in [-0.4, -0.2) is 21.9 Å². The highest BCUT2D eigenvalue weighted by Crippen LogP contribution is 2.44. The third kappa shape index (κ3) is 2.69. The summed E-state index contributed by atoms with van der Waals surface area (Å²) in [6, 6.07) is -2.00. The molecule has 2 aliphatic rings. The van der Waals surface area contributed by atoms with E-state index in [0.717, 1.165) is 12.6 Å². The summed E-state index contributed by atoms with van der Waals surface area (Å²) < 4.78 is 40.8. The molecule has 1 aromatic heterocycles. The number of aryl methyl sites for hydroxylation is 1. The molecule has 1 aromatic rings. The SMILES string of the molecule is Cn1cc([C@H](NC(=O)[C@H]2C[C@H]3C=C[C@H]2C3)C(F)(F)F)cn1. The fraction of sp³-hybridized carbons (Fsp3) is 0.571. The van der Waals surface area contributed by atoms with Gasteiger partial charge >= 0.3 is 6.18 Å². The van der Waals surface area contributed by atoms with E-state index < -0.39 is 18.1 Å². The summed E-state index contributed by atoms with van der Waals surface area (Å²) in [6.07, 6.45) is 3.40. The lowest BCUT2D eigenvalue weighted by Gasteiger charge is -2.24. The first kappa shape index (κ1) is 14.2. The quantitative estimate of drug-likeness (QED) is 0.871. The number of nitrogens with zero attached hydrogens (tertiary/aromatic N) is 2. The first-order chi connectivity index (χ1) is 9.84. The molecular formula is C14H16F3N3O. The van der Waals surface area contributed by atoms with Gasteiger partial charge in [-0.2, -0.15) is 18.3 Å². The van der Waals surface area contributed by atoms with Crippen molar-refractivity contribution in [3.05, 3.63) is 30.1 Å². The molecule has 2 aliphatic carbocycles. The van der Waals surface area contributed by atoms with Crippen LogP contribution in [0.4, 0.5) is 13.2 Å². The molecule has 1 N–H and O–H groups in total. The number of carbonyl (C=O) groups excluding carboxylic acids is 1. The topological polar surface area (TPSA) is 46.9 Å². The summed E-state index contributed by atoms with van der Waals surface area (Å²) in [7, 11) is 1.54. The van der Waals surface area contributed by atoms with E-state index in [2.05, 4.69) is 16.5 Å². The van der Waals surface area contributed by atoms with Crippen LogP contribution in [0, 0.1) is 17.8 Å². The number of rotatable bonds is 3. The Hall–Kier alpha value is -1.79. The van der Waals surface area contributed by atoms with Crippen LogP contribution in [0.5, 0.6) is 0 Å². The third-order valence-corrected chi connectivity index (χ3v) is 4.29. The normalized spacial score (nSPS) is 28.9. The summed E-state index contributed by atoms with van der Waals surface area (Å²) in [6.45, 7) is 0. The molecule has 0 unspecified atom stereocenters. The standard InChI is InChI=1S/C14H16F3N3O/c1-20-7-10(6-18-20)12(14(15,16)17)19-13(21)11-5-8-2-3-9(11)4-8/h2-3,6-9,11-12H,4-5H2,1H3,(H,19,21)/t8-,9-,11-,12-/m0/s1. The Morgan fingerprint density at radius 1 is 1.43 bits per heavy atom. The van der Waals surface area contributed by atoms with Gasteiger partial charge in [0, 0.05) is 24.7 Å². The van der Waals surface area contributed by atoms with Gasteiger partial charge in [-0.25, -0.2) is 0 Å². The molecule has 0 spiro atoms. The third-order valence-electron chi connectivity index (χ3n) is 4.29. The van der Waals surface area contributed by atoms with E-state index in [1.54, 1.807) is 7.05 Å². The van der Waals surface area contributed by atoms with Crippen LogP contribution >= 0.6 is 0 Å². The van der Waals surface area contributed by atoms with Crippen LogP contribution in [0.25, 0.3) is 0 Å². The van der Waals surface area contributed by atoms with Gasteiger partial charge in [-0.3, -0.25) is 9.48 Å². The van der Waals surface area contributed by atoms with E-state index in [9.17, 15) is 18.0 Å². The highest BCUT2D eigenvalue weighted by Gasteiger charge is 2.46. The first-order valence-corrected chi connectivity index (χ1v) is 6.88. The number of hydrogen-bond acceptors (Lipinski definition) is 2. The molecule has 3 rings (SSSR count). The maximum atomic E-state index is 13.2. The molecule has 1 saturated carbocycles. The van der Waals surface area contributed by atoms with Crippen molar-refractivity contribution in [2.24, 2.45) is 24.8 Å². The van der Waals surface area contributed by atoms with Gasteiger partial charge in [0.1, 0.15) is 0 Å². The van der Waals surface area contributed by atoms with Gasteiger partial charge in [0.25, 0.3) is 0 Å². The molecule has 7 heteroatoms. The fourth-order valence-corrected chi connectivity index (χ4v) is 3.27. The second kappa shape index (κ2) is 4.89. The zero-order valence-electron chi connectivity index (χ0n) is 11.5. The van der Waals surface area contributed by atoms with Crippen molar-refractivity contribution >= 4 is 5.91 Å². The Morgan fingerprint density at radius 3 is 2.67 bits per heavy atom. The van der Waals surface area contributed by atoms with Gasteiger partial charge in [0.15, 0.2) is 6.04 Å². The lowest BCUT2D eigenvalue weighted by atomic mass is 9.92. The van der Waals surface area contributed by atoms with Gasteiger partial charge in [-0.15, -0.1) is 0 Å². The molecule has 4 nitrogen and oxygen atoms in total. The minimum Gasteiger partial charge on any atom is -0.340 e. The van der Waals surface area contributed by atoms with E-state index in [-0.39, 0.29) is 17.4 Å². The zero-order valence-corrected chi connectivity index (χ0v) is 11.5. The van der Waals surface area contributed by atoms with Crippen LogP contribution < -0.4 is 5.32 Å². The van der Waals surface area contributed by atoms with E-state index in [1.165, 1.54) is 10.9 Å². The number of carbonyl (C=O) groups is 1. The van der Waals surface area contributed by atoms with Gasteiger partial charge < -0.3 is 5.32 Å². The molecule has 4 atom stereocenters. The summed E-state index contributed by atoms with van der Waals surface area (Å²) in [4.78, 5) is 12.2. The van der Waals surface area contributed by atoms with Crippen molar-refractivity contribution in [1.82, 2.24) is 15.1 Å². The number of fused-ring (bicyclic) bond motifs is 2. The van der Waals surface area contributed by atoms with E-state index in [0.29, 0.717) is 12.3 Å². The Balaban J connectivity index is 1.76. The van der Waals surface area contributed by atoms with Crippen LogP contribution in [0.1, 0.15) is 24.4 Å². The molecule has 0 aliphatic heterocycles. The highest BCUT2D eigenvalue weighted by atomic mass is 19.4. The van der Waals surface area contributed by atoms with Crippen LogP contribution in [0.2, 0.25) is 0 Å². The molecule has 0 aromatic carbocycles. The van der Waals surface area contributed by atoms with Crippen molar-refractivity contribution in [2.45, 2.75) is 25.1 Å². The average Bonchev–Trinajstić information content (AvgIpc) is 3.09. The molecular weight excluding hydrogens is 283 g/mol. The number of aromatic nitrogens is 2. The molecule has 2 bridgehead atoms. The second-order valence-electron chi connectivity index (χ2n) is 5.82. The molecule has 1 heterocycles. The van der Waals surface area contributed by atoms with Crippen LogP contribution in [0.15, 0.2) is 24.5 Å². The number of alkyl halides is 3. The van der Waals surface area contributed by atoms with Gasteiger partial charge in [-0.05, 0) is 24.7 Å². The van der Waals surface area contributed by atoms with Gasteiger partial charge in [-0.1, -0.05) is 12.2 Å². The van der Waals surface area contributed by atoms with E-state index in [1.807, 2.05) is 6.08 Å². The minimum atomic E-state index is -4.54. The fourth-order valence-electron chi connectivity index (χ4n) is 3.27. The predicted octanol–water partition coefficient (Wildman–Crippen LogP) is 2.35. The van der Waals surface area contributed by atoms with Crippen molar-refractivity contribution < 1.29 is 18.0 Å².